The van der Waals surface area contributed by atoms with Crippen molar-refractivity contribution in [1.29, 1.82) is 0 Å². The Balaban J connectivity index is 1.16. The van der Waals surface area contributed by atoms with Gasteiger partial charge in [-0.15, -0.1) is 0 Å². The standard InChI is InChI=1S/C30H28N4O7/c1-41-25-14-19(7-9-23(25)34(39)40)28(37)32-13-3-12-30(17-32)15-20(30)8-6-18-4-2-5-21-22(18)16-33(29(21)38)24-10-11-26(35)31-27(24)36/h2,4-5,7,9,14,20,24H,3,10-13,15-17H2,1H3,(H,31,35,36)/t20-,24?,30-/m1/s1. The third-order valence-electron chi connectivity index (χ3n) is 8.67. The molecule has 2 saturated heterocycles. The van der Waals surface area contributed by atoms with E-state index in [9.17, 15) is 29.3 Å². The molecule has 11 nitrogen and oxygen atoms in total. The van der Waals surface area contributed by atoms with Crippen molar-refractivity contribution >= 4 is 29.3 Å². The summed E-state index contributed by atoms with van der Waals surface area (Å²) >= 11 is 0. The lowest BCUT2D eigenvalue weighted by Gasteiger charge is -2.33. The highest BCUT2D eigenvalue weighted by molar-refractivity contribution is 6.05. The van der Waals surface area contributed by atoms with Gasteiger partial charge in [-0.25, -0.2) is 0 Å². The van der Waals surface area contributed by atoms with Gasteiger partial charge >= 0.3 is 5.69 Å². The highest BCUT2D eigenvalue weighted by atomic mass is 16.6. The number of benzene rings is 2. The first-order chi connectivity index (χ1) is 19.7. The number of hydrogen-bond acceptors (Lipinski definition) is 7. The Morgan fingerprint density at radius 1 is 1.22 bits per heavy atom. The van der Waals surface area contributed by atoms with Crippen LogP contribution in [0.4, 0.5) is 5.69 Å². The molecular weight excluding hydrogens is 528 g/mol. The number of piperidine rings is 2. The minimum absolute atomic E-state index is 0.0489. The van der Waals surface area contributed by atoms with Gasteiger partial charge in [-0.2, -0.15) is 0 Å². The van der Waals surface area contributed by atoms with Crippen LogP contribution in [0.25, 0.3) is 0 Å². The zero-order chi connectivity index (χ0) is 28.9. The summed E-state index contributed by atoms with van der Waals surface area (Å²) in [4.78, 5) is 64.3. The van der Waals surface area contributed by atoms with Crippen LogP contribution >= 0.6 is 0 Å². The van der Waals surface area contributed by atoms with Gasteiger partial charge < -0.3 is 14.5 Å². The Morgan fingerprint density at radius 2 is 2.05 bits per heavy atom. The number of rotatable bonds is 4. The molecule has 0 radical (unpaired) electrons. The maximum atomic E-state index is 13.3. The van der Waals surface area contributed by atoms with Crippen molar-refractivity contribution in [3.8, 4) is 17.6 Å². The maximum Gasteiger partial charge on any atom is 0.310 e. The Kier molecular flexibility index (Phi) is 6.49. The molecule has 4 amide bonds. The third kappa shape index (κ3) is 4.69. The molecule has 2 aromatic rings. The molecular formula is C30H28N4O7. The van der Waals surface area contributed by atoms with Crippen LogP contribution in [0.1, 0.15) is 63.9 Å². The predicted molar refractivity (Wildman–Crippen MR) is 145 cm³/mol. The summed E-state index contributed by atoms with van der Waals surface area (Å²) in [5, 5.41) is 13.5. The molecule has 1 unspecified atom stereocenters. The van der Waals surface area contributed by atoms with Gasteiger partial charge in [0.05, 0.1) is 12.0 Å². The molecule has 3 heterocycles. The first kappa shape index (κ1) is 26.5. The largest absolute Gasteiger partial charge is 0.490 e. The SMILES string of the molecule is COc1cc(C(=O)N2CCC[C@@]3(C[C@H]3C#Cc3cccc4c3CN(C3CCC(=O)NC3=O)C4=O)C2)ccc1[N+](=O)[O-]. The number of amides is 4. The van der Waals surface area contributed by atoms with Crippen molar-refractivity contribution in [2.45, 2.75) is 44.7 Å². The first-order valence-electron chi connectivity index (χ1n) is 13.6. The van der Waals surface area contributed by atoms with Crippen molar-refractivity contribution < 1.29 is 28.8 Å². The lowest BCUT2D eigenvalue weighted by atomic mass is 9.91. The minimum Gasteiger partial charge on any atom is -0.490 e. The molecule has 2 aromatic carbocycles. The highest BCUT2D eigenvalue weighted by Crippen LogP contribution is 2.57. The molecule has 1 spiro atoms. The van der Waals surface area contributed by atoms with E-state index in [1.165, 1.54) is 30.2 Å². The predicted octanol–water partition coefficient (Wildman–Crippen LogP) is 2.66. The van der Waals surface area contributed by atoms with E-state index < -0.39 is 16.9 Å². The molecule has 3 aliphatic heterocycles. The minimum atomic E-state index is -0.679. The second kappa shape index (κ2) is 10.0. The molecule has 1 saturated carbocycles. The Bertz CT molecular complexity index is 1570. The normalized spacial score (nSPS) is 24.9. The Morgan fingerprint density at radius 3 is 2.80 bits per heavy atom. The second-order valence-electron chi connectivity index (χ2n) is 11.1. The number of nitro groups is 1. The lowest BCUT2D eigenvalue weighted by Crippen LogP contribution is -2.52. The van der Waals surface area contributed by atoms with Gasteiger partial charge in [0.15, 0.2) is 5.75 Å². The summed E-state index contributed by atoms with van der Waals surface area (Å²) in [5.74, 6) is 5.63. The number of likely N-dealkylation sites (tertiary alicyclic amines) is 1. The molecule has 41 heavy (non-hydrogen) atoms. The van der Waals surface area contributed by atoms with Crippen LogP contribution in [-0.4, -0.2) is 64.6 Å². The molecule has 210 valence electrons. The number of fused-ring (bicyclic) bond motifs is 1. The highest BCUT2D eigenvalue weighted by Gasteiger charge is 2.55. The summed E-state index contributed by atoms with van der Waals surface area (Å²) < 4.78 is 5.13. The van der Waals surface area contributed by atoms with Crippen molar-refractivity contribution in [2.24, 2.45) is 11.3 Å². The summed E-state index contributed by atoms with van der Waals surface area (Å²) in [5.41, 5.74) is 2.12. The molecule has 1 N–H and O–H groups in total. The maximum absolute atomic E-state index is 13.3. The van der Waals surface area contributed by atoms with Crippen LogP contribution < -0.4 is 10.1 Å². The molecule has 4 aliphatic rings. The van der Waals surface area contributed by atoms with E-state index in [1.807, 2.05) is 6.07 Å². The fourth-order valence-electron chi connectivity index (χ4n) is 6.35. The Hall–Kier alpha value is -4.72. The zero-order valence-electron chi connectivity index (χ0n) is 22.5. The molecule has 3 fully saturated rings. The van der Waals surface area contributed by atoms with Crippen molar-refractivity contribution in [3.63, 3.8) is 0 Å². The van der Waals surface area contributed by atoms with Crippen LogP contribution in [0, 0.1) is 33.3 Å². The Labute approximate surface area is 236 Å². The fourth-order valence-corrected chi connectivity index (χ4v) is 6.35. The van der Waals surface area contributed by atoms with Gasteiger partial charge in [0.1, 0.15) is 6.04 Å². The number of carbonyl (C=O) groups excluding carboxylic acids is 4. The summed E-state index contributed by atoms with van der Waals surface area (Å²) in [6.45, 7) is 1.42. The summed E-state index contributed by atoms with van der Waals surface area (Å²) in [6, 6.07) is 8.90. The second-order valence-corrected chi connectivity index (χ2v) is 11.1. The number of ether oxygens (including phenoxy) is 1. The average Bonchev–Trinajstić information content (AvgIpc) is 3.51. The van der Waals surface area contributed by atoms with E-state index in [0.29, 0.717) is 30.6 Å². The quantitative estimate of drug-likeness (QED) is 0.264. The number of carbonyl (C=O) groups is 4. The number of imide groups is 1. The van der Waals surface area contributed by atoms with E-state index >= 15 is 0 Å². The number of methoxy groups -OCH3 is 1. The van der Waals surface area contributed by atoms with Crippen molar-refractivity contribution in [1.82, 2.24) is 15.1 Å². The van der Waals surface area contributed by atoms with Gasteiger partial charge in [0.2, 0.25) is 11.8 Å². The summed E-state index contributed by atoms with van der Waals surface area (Å²) in [7, 11) is 1.34. The van der Waals surface area contributed by atoms with E-state index in [1.54, 1.807) is 17.0 Å². The van der Waals surface area contributed by atoms with E-state index in [0.717, 1.165) is 30.4 Å². The van der Waals surface area contributed by atoms with E-state index in [-0.39, 0.29) is 53.5 Å². The van der Waals surface area contributed by atoms with Crippen LogP contribution in [0.5, 0.6) is 5.75 Å². The zero-order valence-corrected chi connectivity index (χ0v) is 22.5. The van der Waals surface area contributed by atoms with Crippen LogP contribution in [0.2, 0.25) is 0 Å². The molecule has 1 aliphatic carbocycles. The van der Waals surface area contributed by atoms with Crippen molar-refractivity contribution in [2.75, 3.05) is 20.2 Å². The third-order valence-corrected chi connectivity index (χ3v) is 8.67. The van der Waals surface area contributed by atoms with Crippen molar-refractivity contribution in [3.05, 3.63) is 68.8 Å². The number of nitrogens with one attached hydrogen (secondary N) is 1. The number of nitrogens with zero attached hydrogens (tertiary/aromatic N) is 3. The first-order valence-corrected chi connectivity index (χ1v) is 13.6. The van der Waals surface area contributed by atoms with Crippen LogP contribution in [0.15, 0.2) is 36.4 Å². The van der Waals surface area contributed by atoms with Gasteiger partial charge in [-0.05, 0) is 49.4 Å². The number of nitro benzene ring substituents is 1. The molecule has 11 heteroatoms. The van der Waals surface area contributed by atoms with Gasteiger partial charge in [-0.3, -0.25) is 34.6 Å². The molecule has 3 atom stereocenters. The van der Waals surface area contributed by atoms with Gasteiger partial charge in [0, 0.05) is 66.2 Å². The fraction of sp³-hybridized carbons (Fsp3) is 0.400. The smallest absolute Gasteiger partial charge is 0.310 e. The van der Waals surface area contributed by atoms with Gasteiger partial charge in [-0.1, -0.05) is 17.9 Å². The monoisotopic (exact) mass is 556 g/mol. The number of hydrogen-bond donors (Lipinski definition) is 1. The van der Waals surface area contributed by atoms with E-state index in [2.05, 4.69) is 17.2 Å². The molecule has 0 bridgehead atoms. The van der Waals surface area contributed by atoms with Crippen LogP contribution in [0.3, 0.4) is 0 Å². The van der Waals surface area contributed by atoms with E-state index in [4.69, 9.17) is 4.74 Å². The molecule has 0 aromatic heterocycles. The van der Waals surface area contributed by atoms with Crippen LogP contribution in [-0.2, 0) is 16.1 Å². The summed E-state index contributed by atoms with van der Waals surface area (Å²) in [6.07, 6.45) is 3.16. The van der Waals surface area contributed by atoms with Gasteiger partial charge in [0.25, 0.3) is 11.8 Å². The lowest BCUT2D eigenvalue weighted by molar-refractivity contribution is -0.385. The average molecular weight is 557 g/mol. The molecule has 6 rings (SSSR count). The topological polar surface area (TPSA) is 139 Å².